The average Bonchev–Trinajstić information content (AvgIpc) is 2.05. The van der Waals surface area contributed by atoms with Gasteiger partial charge in [0, 0.05) is 18.0 Å². The molecular formula is C7H9N3O. The normalized spacial score (nSPS) is 12.7. The highest BCUT2D eigenvalue weighted by Gasteiger charge is 2.01. The highest BCUT2D eigenvalue weighted by molar-refractivity contribution is 5.87. The van der Waals surface area contributed by atoms with Crippen LogP contribution >= 0.6 is 0 Å². The molecule has 1 aliphatic rings. The lowest BCUT2D eigenvalue weighted by Gasteiger charge is -2.09. The van der Waals surface area contributed by atoms with Crippen LogP contribution in [0.2, 0.25) is 0 Å². The Morgan fingerprint density at radius 2 is 2.36 bits per heavy atom. The summed E-state index contributed by atoms with van der Waals surface area (Å²) in [4.78, 5) is 8.16. The van der Waals surface area contributed by atoms with Gasteiger partial charge in [-0.1, -0.05) is 0 Å². The Hall–Kier alpha value is -1.42. The summed E-state index contributed by atoms with van der Waals surface area (Å²) in [5, 5.41) is 3.05. The molecule has 0 spiro atoms. The van der Waals surface area contributed by atoms with Crippen LogP contribution in [0.1, 0.15) is 5.56 Å². The molecule has 0 saturated heterocycles. The van der Waals surface area contributed by atoms with Crippen LogP contribution < -0.4 is 5.32 Å². The van der Waals surface area contributed by atoms with Gasteiger partial charge in [-0.25, -0.2) is 4.98 Å². The predicted molar refractivity (Wildman–Crippen MR) is 43.9 cm³/mol. The second-order valence-electron chi connectivity index (χ2n) is 2.09. The van der Waals surface area contributed by atoms with Crippen molar-refractivity contribution in [3.05, 3.63) is 23.9 Å². The molecule has 2 rings (SSSR count). The first-order valence-electron chi connectivity index (χ1n) is 3.15. The Labute approximate surface area is 64.3 Å². The third-order valence-electron chi connectivity index (χ3n) is 1.41. The molecule has 0 saturated carbocycles. The van der Waals surface area contributed by atoms with Crippen LogP contribution in [0, 0.1) is 0 Å². The molecule has 3 N–H and O–H groups in total. The van der Waals surface area contributed by atoms with Crippen molar-refractivity contribution in [3.63, 3.8) is 0 Å². The van der Waals surface area contributed by atoms with Crippen molar-refractivity contribution in [2.75, 3.05) is 12.0 Å². The molecule has 0 fully saturated rings. The van der Waals surface area contributed by atoms with Gasteiger partial charge in [-0.15, -0.1) is 0 Å². The van der Waals surface area contributed by atoms with E-state index in [1.165, 1.54) is 0 Å². The molecule has 0 aromatic carbocycles. The predicted octanol–water partition coefficient (Wildman–Crippen LogP) is 0.0588. The maximum absolute atomic E-state index is 4.12. The molecule has 0 amide bonds. The fourth-order valence-electron chi connectivity index (χ4n) is 0.934. The number of nitrogens with zero attached hydrogens (tertiary/aromatic N) is 2. The minimum atomic E-state index is 0. The molecule has 4 heteroatoms. The molecule has 11 heavy (non-hydrogen) atoms. The maximum Gasteiger partial charge on any atom is 0.136 e. The standard InChI is InChI=1S/C7H7N3.H2O/c1-2-6-4-8-5-10-7(6)9-3-1;/h1-4H,5H2,(H,9,10);1H2. The molecular weight excluding hydrogens is 142 g/mol. The topological polar surface area (TPSA) is 68.8 Å². The fraction of sp³-hybridized carbons (Fsp3) is 0.143. The van der Waals surface area contributed by atoms with E-state index in [9.17, 15) is 0 Å². The third kappa shape index (κ3) is 1.35. The smallest absolute Gasteiger partial charge is 0.136 e. The molecule has 0 radical (unpaired) electrons. The van der Waals surface area contributed by atoms with Crippen LogP contribution in [0.3, 0.4) is 0 Å². The van der Waals surface area contributed by atoms with Crippen LogP contribution in [0.25, 0.3) is 0 Å². The maximum atomic E-state index is 4.12. The number of aromatic nitrogens is 1. The van der Waals surface area contributed by atoms with Gasteiger partial charge >= 0.3 is 0 Å². The Balaban J connectivity index is 0.000000605. The van der Waals surface area contributed by atoms with Crippen LogP contribution in [0.5, 0.6) is 0 Å². The molecule has 1 aliphatic heterocycles. The molecule has 1 aromatic heterocycles. The first-order valence-corrected chi connectivity index (χ1v) is 3.15. The third-order valence-corrected chi connectivity index (χ3v) is 1.41. The van der Waals surface area contributed by atoms with Crippen molar-refractivity contribution >= 4 is 12.0 Å². The Morgan fingerprint density at radius 3 is 3.18 bits per heavy atom. The van der Waals surface area contributed by atoms with Gasteiger partial charge in [-0.2, -0.15) is 0 Å². The zero-order chi connectivity index (χ0) is 6.81. The van der Waals surface area contributed by atoms with Crippen LogP contribution in [0.15, 0.2) is 23.3 Å². The van der Waals surface area contributed by atoms with E-state index in [4.69, 9.17) is 0 Å². The zero-order valence-electron chi connectivity index (χ0n) is 5.91. The molecule has 58 valence electrons. The van der Waals surface area contributed by atoms with Crippen molar-refractivity contribution in [1.82, 2.24) is 4.98 Å². The number of hydrogen-bond donors (Lipinski definition) is 1. The summed E-state index contributed by atoms with van der Waals surface area (Å²) in [7, 11) is 0. The van der Waals surface area contributed by atoms with Crippen LogP contribution in [-0.4, -0.2) is 23.3 Å². The number of hydrogen-bond acceptors (Lipinski definition) is 3. The number of aliphatic imine (C=N–C) groups is 1. The largest absolute Gasteiger partial charge is 0.412 e. The van der Waals surface area contributed by atoms with E-state index in [-0.39, 0.29) is 5.48 Å². The Morgan fingerprint density at radius 1 is 1.45 bits per heavy atom. The lowest BCUT2D eigenvalue weighted by molar-refractivity contribution is 0.824. The number of anilines is 1. The monoisotopic (exact) mass is 151 g/mol. The number of nitrogens with one attached hydrogen (secondary N) is 1. The van der Waals surface area contributed by atoms with Crippen molar-refractivity contribution < 1.29 is 5.48 Å². The van der Waals surface area contributed by atoms with Gasteiger partial charge < -0.3 is 10.8 Å². The number of fused-ring (bicyclic) bond motifs is 1. The molecule has 0 aliphatic carbocycles. The van der Waals surface area contributed by atoms with E-state index in [1.807, 2.05) is 18.3 Å². The van der Waals surface area contributed by atoms with Gasteiger partial charge in [0.05, 0.1) is 0 Å². The van der Waals surface area contributed by atoms with E-state index < -0.39 is 0 Å². The molecule has 4 nitrogen and oxygen atoms in total. The van der Waals surface area contributed by atoms with Crippen molar-refractivity contribution in [1.29, 1.82) is 0 Å². The summed E-state index contributed by atoms with van der Waals surface area (Å²) < 4.78 is 0. The molecule has 1 aromatic rings. The summed E-state index contributed by atoms with van der Waals surface area (Å²) in [5.74, 6) is 0.928. The Bertz CT molecular complexity index is 272. The molecule has 0 bridgehead atoms. The SMILES string of the molecule is C1=NCNc2ncccc21.O. The van der Waals surface area contributed by atoms with E-state index in [0.29, 0.717) is 6.67 Å². The van der Waals surface area contributed by atoms with Crippen molar-refractivity contribution in [3.8, 4) is 0 Å². The lowest BCUT2D eigenvalue weighted by atomic mass is 10.2. The summed E-state index contributed by atoms with van der Waals surface area (Å²) in [6.07, 6.45) is 3.60. The van der Waals surface area contributed by atoms with Gasteiger partial charge in [0.15, 0.2) is 0 Å². The van der Waals surface area contributed by atoms with Crippen molar-refractivity contribution in [2.45, 2.75) is 0 Å². The van der Waals surface area contributed by atoms with Crippen molar-refractivity contribution in [2.24, 2.45) is 4.99 Å². The average molecular weight is 151 g/mol. The molecule has 2 heterocycles. The van der Waals surface area contributed by atoms with Crippen LogP contribution in [-0.2, 0) is 0 Å². The summed E-state index contributed by atoms with van der Waals surface area (Å²) >= 11 is 0. The molecule has 0 atom stereocenters. The number of pyridine rings is 1. The minimum absolute atomic E-state index is 0. The van der Waals surface area contributed by atoms with Gasteiger partial charge in [0.25, 0.3) is 0 Å². The van der Waals surface area contributed by atoms with Crippen LogP contribution in [0.4, 0.5) is 5.82 Å². The van der Waals surface area contributed by atoms with E-state index >= 15 is 0 Å². The van der Waals surface area contributed by atoms with E-state index in [2.05, 4.69) is 15.3 Å². The fourth-order valence-corrected chi connectivity index (χ4v) is 0.934. The first-order chi connectivity index (χ1) is 4.97. The first kappa shape index (κ1) is 7.68. The Kier molecular flexibility index (Phi) is 2.18. The number of rotatable bonds is 0. The van der Waals surface area contributed by atoms with Gasteiger partial charge in [-0.05, 0) is 12.1 Å². The second kappa shape index (κ2) is 3.12. The van der Waals surface area contributed by atoms with E-state index in [1.54, 1.807) is 6.20 Å². The highest BCUT2D eigenvalue weighted by Crippen LogP contribution is 2.10. The second-order valence-corrected chi connectivity index (χ2v) is 2.09. The summed E-state index contributed by atoms with van der Waals surface area (Å²) in [5.41, 5.74) is 1.06. The molecule has 0 unspecified atom stereocenters. The van der Waals surface area contributed by atoms with Gasteiger partial charge in [0.2, 0.25) is 0 Å². The minimum Gasteiger partial charge on any atom is -0.412 e. The summed E-state index contributed by atoms with van der Waals surface area (Å²) in [6.45, 7) is 0.643. The lowest BCUT2D eigenvalue weighted by Crippen LogP contribution is -2.08. The van der Waals surface area contributed by atoms with E-state index in [0.717, 1.165) is 11.4 Å². The zero-order valence-corrected chi connectivity index (χ0v) is 5.91. The quantitative estimate of drug-likeness (QED) is 0.569. The highest BCUT2D eigenvalue weighted by atomic mass is 16.0. The van der Waals surface area contributed by atoms with Gasteiger partial charge in [0.1, 0.15) is 12.5 Å². The van der Waals surface area contributed by atoms with Gasteiger partial charge in [-0.3, -0.25) is 4.99 Å². The summed E-state index contributed by atoms with van der Waals surface area (Å²) in [6, 6.07) is 3.88.